The van der Waals surface area contributed by atoms with Crippen molar-refractivity contribution in [1.29, 1.82) is 0 Å². The Morgan fingerprint density at radius 3 is 2.32 bits per heavy atom. The average Bonchev–Trinajstić information content (AvgIpc) is 3.30. The summed E-state index contributed by atoms with van der Waals surface area (Å²) in [4.78, 5) is 26.1. The van der Waals surface area contributed by atoms with E-state index in [1.165, 1.54) is 18.2 Å². The van der Waals surface area contributed by atoms with E-state index in [4.69, 9.17) is 4.74 Å². The standard InChI is InChI=1S/C26H29F3N4O7S/c1-15-6-9-18(10-7-15)41(37,38)32-14-17(13-24(2,3)21-30-22(34)40-31-21)39-20-11-8-16(12-19(20)32)33(23(35)36)25(4,5)26(27,28)29/h6-12,17H,13-14H2,1-5H3,(H,35,36)(H,30,31,34)/t17-/m0/s1. The van der Waals surface area contributed by atoms with E-state index in [-0.39, 0.29) is 40.0 Å². The first-order valence-corrected chi connectivity index (χ1v) is 13.8. The second-order valence-electron chi connectivity index (χ2n) is 10.9. The highest BCUT2D eigenvalue weighted by molar-refractivity contribution is 7.92. The number of alkyl halides is 3. The first-order valence-electron chi connectivity index (χ1n) is 12.4. The number of hydrogen-bond donors (Lipinski definition) is 2. The number of aromatic amines is 1. The molecule has 0 bridgehead atoms. The number of carbonyl (C=O) groups is 1. The molecule has 0 saturated carbocycles. The average molecular weight is 599 g/mol. The van der Waals surface area contributed by atoms with Crippen molar-refractivity contribution in [3.05, 3.63) is 64.4 Å². The molecular weight excluding hydrogens is 569 g/mol. The van der Waals surface area contributed by atoms with Crippen molar-refractivity contribution in [2.24, 2.45) is 0 Å². The summed E-state index contributed by atoms with van der Waals surface area (Å²) in [5, 5.41) is 13.5. The van der Waals surface area contributed by atoms with Crippen LogP contribution in [0.1, 0.15) is 45.5 Å². The number of anilines is 2. The van der Waals surface area contributed by atoms with Crippen LogP contribution in [0.4, 0.5) is 29.3 Å². The number of amides is 1. The third kappa shape index (κ3) is 5.62. The zero-order valence-corrected chi connectivity index (χ0v) is 23.6. The Bertz CT molecular complexity index is 1610. The number of nitrogens with zero attached hydrogens (tertiary/aromatic N) is 3. The van der Waals surface area contributed by atoms with Crippen molar-refractivity contribution in [3.8, 4) is 5.75 Å². The Balaban J connectivity index is 1.83. The predicted molar refractivity (Wildman–Crippen MR) is 142 cm³/mol. The lowest BCUT2D eigenvalue weighted by molar-refractivity contribution is -0.175. The molecule has 2 heterocycles. The number of carboxylic acid groups (broad SMARTS) is 1. The maximum atomic E-state index is 13.9. The largest absolute Gasteiger partial charge is 0.486 e. The van der Waals surface area contributed by atoms with Gasteiger partial charge in [-0.1, -0.05) is 36.7 Å². The number of halogens is 3. The van der Waals surface area contributed by atoms with E-state index in [2.05, 4.69) is 14.7 Å². The van der Waals surface area contributed by atoms with Crippen molar-refractivity contribution < 1.29 is 40.8 Å². The second kappa shape index (κ2) is 10.1. The number of ether oxygens (including phenoxy) is 1. The molecule has 0 radical (unpaired) electrons. The minimum atomic E-state index is -4.94. The lowest BCUT2D eigenvalue weighted by atomic mass is 9.85. The fourth-order valence-electron chi connectivity index (χ4n) is 4.60. The van der Waals surface area contributed by atoms with Gasteiger partial charge in [0.1, 0.15) is 17.4 Å². The molecule has 0 unspecified atom stereocenters. The summed E-state index contributed by atoms with van der Waals surface area (Å²) in [6.07, 6.45) is -7.47. The Kier molecular flexibility index (Phi) is 7.39. The number of H-pyrrole nitrogens is 1. The van der Waals surface area contributed by atoms with Crippen molar-refractivity contribution >= 4 is 27.5 Å². The number of fused-ring (bicyclic) bond motifs is 1. The molecule has 222 valence electrons. The number of benzene rings is 2. The van der Waals surface area contributed by atoms with Crippen LogP contribution in [0, 0.1) is 6.92 Å². The summed E-state index contributed by atoms with van der Waals surface area (Å²) in [5.74, 6) is -0.532. The Labute approximate surface area is 233 Å². The van der Waals surface area contributed by atoms with Crippen LogP contribution in [0.5, 0.6) is 5.75 Å². The predicted octanol–water partition coefficient (Wildman–Crippen LogP) is 4.82. The van der Waals surface area contributed by atoms with Gasteiger partial charge in [0.2, 0.25) is 0 Å². The molecule has 2 aromatic carbocycles. The smallest absolute Gasteiger partial charge is 0.438 e. The molecule has 3 aromatic rings. The third-order valence-electron chi connectivity index (χ3n) is 7.00. The molecule has 1 amide bonds. The fraction of sp³-hybridized carbons (Fsp3) is 0.423. The topological polar surface area (TPSA) is 146 Å². The second-order valence-corrected chi connectivity index (χ2v) is 12.8. The van der Waals surface area contributed by atoms with Crippen molar-refractivity contribution in [2.45, 2.75) is 69.2 Å². The van der Waals surface area contributed by atoms with Gasteiger partial charge in [-0.3, -0.25) is 18.7 Å². The molecule has 4 rings (SSSR count). The Morgan fingerprint density at radius 2 is 1.78 bits per heavy atom. The first-order chi connectivity index (χ1) is 18.8. The van der Waals surface area contributed by atoms with Crippen LogP contribution in [-0.2, 0) is 15.4 Å². The van der Waals surface area contributed by atoms with Gasteiger partial charge in [0.05, 0.1) is 22.8 Å². The summed E-state index contributed by atoms with van der Waals surface area (Å²) >= 11 is 0. The van der Waals surface area contributed by atoms with E-state index in [0.29, 0.717) is 13.8 Å². The van der Waals surface area contributed by atoms with E-state index in [0.717, 1.165) is 22.0 Å². The van der Waals surface area contributed by atoms with E-state index in [9.17, 15) is 36.3 Å². The molecule has 1 aliphatic rings. The maximum Gasteiger partial charge on any atom is 0.438 e. The quantitative estimate of drug-likeness (QED) is 0.394. The SMILES string of the molecule is Cc1ccc(S(=O)(=O)N2C[C@H](CC(C)(C)c3noc(=O)[nH]3)Oc3ccc(N(C(=O)O)C(C)(C)C(F)(F)F)cc32)cc1. The number of hydrogen-bond acceptors (Lipinski definition) is 7. The number of rotatable bonds is 7. The molecule has 0 saturated heterocycles. The molecule has 1 aliphatic heterocycles. The monoisotopic (exact) mass is 598 g/mol. The third-order valence-corrected chi connectivity index (χ3v) is 8.80. The highest BCUT2D eigenvalue weighted by Crippen LogP contribution is 2.44. The molecule has 15 heteroatoms. The highest BCUT2D eigenvalue weighted by Gasteiger charge is 2.54. The van der Waals surface area contributed by atoms with Gasteiger partial charge in [0, 0.05) is 5.41 Å². The van der Waals surface area contributed by atoms with Crippen LogP contribution < -0.4 is 19.7 Å². The number of aryl methyl sites for hydroxylation is 1. The van der Waals surface area contributed by atoms with Gasteiger partial charge in [-0.2, -0.15) is 13.2 Å². The normalized spacial score (nSPS) is 16.2. The Hall–Kier alpha value is -4.01. The van der Waals surface area contributed by atoms with Gasteiger partial charge < -0.3 is 9.84 Å². The lowest BCUT2D eigenvalue weighted by Crippen LogP contribution is -2.57. The molecule has 0 spiro atoms. The van der Waals surface area contributed by atoms with Crippen molar-refractivity contribution in [2.75, 3.05) is 15.7 Å². The molecule has 0 fully saturated rings. The van der Waals surface area contributed by atoms with Crippen LogP contribution in [0.15, 0.2) is 56.7 Å². The molecular formula is C26H29F3N4O7S. The van der Waals surface area contributed by atoms with Crippen LogP contribution in [0.2, 0.25) is 0 Å². The zero-order valence-electron chi connectivity index (χ0n) is 22.8. The van der Waals surface area contributed by atoms with Gasteiger partial charge in [0.25, 0.3) is 10.0 Å². The molecule has 1 atom stereocenters. The molecule has 11 nitrogen and oxygen atoms in total. The summed E-state index contributed by atoms with van der Waals surface area (Å²) in [5.41, 5.74) is -3.41. The summed E-state index contributed by atoms with van der Waals surface area (Å²) in [7, 11) is -4.29. The van der Waals surface area contributed by atoms with Crippen LogP contribution in [-0.4, -0.2) is 54.1 Å². The summed E-state index contributed by atoms with van der Waals surface area (Å²) in [6.45, 7) is 6.42. The summed E-state index contributed by atoms with van der Waals surface area (Å²) in [6, 6.07) is 9.42. The van der Waals surface area contributed by atoms with Gasteiger partial charge in [-0.05, 0) is 57.5 Å². The van der Waals surface area contributed by atoms with E-state index in [1.807, 2.05) is 0 Å². The molecule has 0 aliphatic carbocycles. The Morgan fingerprint density at radius 1 is 1.15 bits per heavy atom. The lowest BCUT2D eigenvalue weighted by Gasteiger charge is -2.40. The molecule has 2 N–H and O–H groups in total. The van der Waals surface area contributed by atoms with Crippen molar-refractivity contribution in [1.82, 2.24) is 10.1 Å². The van der Waals surface area contributed by atoms with Crippen LogP contribution in [0.25, 0.3) is 0 Å². The minimum absolute atomic E-state index is 0.0142. The van der Waals surface area contributed by atoms with E-state index in [1.54, 1.807) is 32.9 Å². The highest BCUT2D eigenvalue weighted by atomic mass is 32.2. The van der Waals surface area contributed by atoms with Gasteiger partial charge in [-0.15, -0.1) is 0 Å². The van der Waals surface area contributed by atoms with Crippen LogP contribution in [0.3, 0.4) is 0 Å². The van der Waals surface area contributed by atoms with E-state index < -0.39 is 50.8 Å². The van der Waals surface area contributed by atoms with Gasteiger partial charge in [0.15, 0.2) is 5.82 Å². The van der Waals surface area contributed by atoms with Crippen LogP contribution >= 0.6 is 0 Å². The van der Waals surface area contributed by atoms with Gasteiger partial charge >= 0.3 is 18.0 Å². The van der Waals surface area contributed by atoms with Crippen molar-refractivity contribution in [3.63, 3.8) is 0 Å². The maximum absolute atomic E-state index is 13.9. The van der Waals surface area contributed by atoms with E-state index >= 15 is 0 Å². The first kappa shape index (κ1) is 30.0. The summed E-state index contributed by atoms with van der Waals surface area (Å²) < 4.78 is 81.1. The minimum Gasteiger partial charge on any atom is -0.486 e. The fourth-order valence-corrected chi connectivity index (χ4v) is 6.10. The zero-order chi connectivity index (χ0) is 30.5. The number of aromatic nitrogens is 2. The number of sulfonamides is 1. The number of nitrogens with one attached hydrogen (secondary N) is 1. The molecule has 1 aromatic heterocycles. The van der Waals surface area contributed by atoms with Gasteiger partial charge in [-0.25, -0.2) is 18.0 Å². The molecule has 41 heavy (non-hydrogen) atoms.